The molecule has 0 spiro atoms. The van der Waals surface area contributed by atoms with Gasteiger partial charge < -0.3 is 0 Å². The van der Waals surface area contributed by atoms with Crippen molar-refractivity contribution < 1.29 is 4.39 Å². The minimum atomic E-state index is -0.400. The lowest BCUT2D eigenvalue weighted by Crippen LogP contribution is -1.91. The summed E-state index contributed by atoms with van der Waals surface area (Å²) in [6.07, 6.45) is 1.46. The maximum absolute atomic E-state index is 12.8. The second-order valence-electron chi connectivity index (χ2n) is 3.17. The summed E-state index contributed by atoms with van der Waals surface area (Å²) >= 11 is 0. The van der Waals surface area contributed by atoms with E-state index in [1.165, 1.54) is 24.4 Å². The zero-order valence-electron chi connectivity index (χ0n) is 8.07. The lowest BCUT2D eigenvalue weighted by atomic mass is 10.2. The minimum absolute atomic E-state index is 0.109. The third-order valence-electron chi connectivity index (χ3n) is 1.60. The predicted molar refractivity (Wildman–Crippen MR) is 54.6 cm³/mol. The highest BCUT2D eigenvalue weighted by atomic mass is 19.1. The van der Waals surface area contributed by atoms with Gasteiger partial charge in [-0.25, -0.2) is 4.39 Å². The minimum Gasteiger partial charge on any atom is -0.290 e. The topological polar surface area (TPSA) is 41.8 Å². The van der Waals surface area contributed by atoms with E-state index in [-0.39, 0.29) is 11.7 Å². The highest BCUT2D eigenvalue weighted by Gasteiger charge is 2.01. The van der Waals surface area contributed by atoms with Crippen LogP contribution in [0.3, 0.4) is 0 Å². The number of nitrogens with zero attached hydrogens (tertiary/aromatic N) is 2. The zero-order chi connectivity index (χ0) is 10.6. The Kier molecular flexibility index (Phi) is 3.45. The summed E-state index contributed by atoms with van der Waals surface area (Å²) in [5, 5.41) is 2.78. The Morgan fingerprint density at radius 3 is 2.71 bits per heavy atom. The summed E-state index contributed by atoms with van der Waals surface area (Å²) in [5.41, 5.74) is 0.615. The zero-order valence-corrected chi connectivity index (χ0v) is 8.07. The highest BCUT2D eigenvalue weighted by Crippen LogP contribution is 2.18. The molecule has 0 heterocycles. The number of rotatable bonds is 3. The summed E-state index contributed by atoms with van der Waals surface area (Å²) in [6, 6.07) is 3.88. The largest absolute Gasteiger partial charge is 0.290 e. The van der Waals surface area contributed by atoms with Crippen LogP contribution in [-0.4, -0.2) is 12.3 Å². The van der Waals surface area contributed by atoms with E-state index in [1.54, 1.807) is 0 Å². The van der Waals surface area contributed by atoms with Crippen molar-refractivity contribution in [1.82, 2.24) is 0 Å². The van der Waals surface area contributed by atoms with Crippen LogP contribution in [-0.2, 0) is 0 Å². The van der Waals surface area contributed by atoms with E-state index < -0.39 is 5.82 Å². The number of hydrogen-bond acceptors (Lipinski definition) is 3. The average molecular weight is 194 g/mol. The van der Waals surface area contributed by atoms with Crippen LogP contribution in [0, 0.1) is 10.7 Å². The molecule has 0 atom stereocenters. The second-order valence-corrected chi connectivity index (χ2v) is 3.17. The lowest BCUT2D eigenvalue weighted by Gasteiger charge is -1.98. The van der Waals surface area contributed by atoms with E-state index in [2.05, 4.69) is 10.2 Å². The summed E-state index contributed by atoms with van der Waals surface area (Å²) in [5.74, 6) is -0.400. The molecule has 0 aliphatic rings. The molecular weight excluding hydrogens is 183 g/mol. The molecule has 1 aromatic rings. The van der Waals surface area contributed by atoms with Crippen molar-refractivity contribution in [3.05, 3.63) is 34.5 Å². The van der Waals surface area contributed by atoms with Crippen molar-refractivity contribution in [2.24, 2.45) is 10.2 Å². The predicted octanol–water partition coefficient (Wildman–Crippen LogP) is 3.05. The van der Waals surface area contributed by atoms with E-state index in [4.69, 9.17) is 0 Å². The second kappa shape index (κ2) is 4.60. The molecule has 0 fully saturated rings. The first-order valence-electron chi connectivity index (χ1n) is 4.29. The molecule has 0 aliphatic heterocycles. The van der Waals surface area contributed by atoms with Crippen molar-refractivity contribution in [2.75, 3.05) is 0 Å². The summed E-state index contributed by atoms with van der Waals surface area (Å²) in [4.78, 5) is 14.4. The fourth-order valence-electron chi connectivity index (χ4n) is 0.941. The fraction of sp³-hybridized carbons (Fsp3) is 0.300. The van der Waals surface area contributed by atoms with Crippen molar-refractivity contribution >= 4 is 11.9 Å². The quantitative estimate of drug-likeness (QED) is 0.538. The van der Waals surface area contributed by atoms with Crippen molar-refractivity contribution in [3.8, 4) is 0 Å². The molecule has 0 saturated heterocycles. The molecule has 0 N–H and O–H groups in total. The molecule has 0 bridgehead atoms. The molecule has 0 aromatic heterocycles. The van der Waals surface area contributed by atoms with E-state index in [0.717, 1.165) is 0 Å². The van der Waals surface area contributed by atoms with Gasteiger partial charge in [0.2, 0.25) is 0 Å². The molecule has 3 nitrogen and oxygen atoms in total. The van der Waals surface area contributed by atoms with E-state index in [1.807, 2.05) is 13.8 Å². The average Bonchev–Trinajstić information content (AvgIpc) is 2.15. The molecular formula is C10H11FN2O. The standard InChI is InChI=1S/C10H11FN2O/c1-7(2)12-6-8-5-9(11)3-4-10(8)13-14/h3-7H,1-2H3/b12-6+. The van der Waals surface area contributed by atoms with Gasteiger partial charge in [0.1, 0.15) is 11.5 Å². The van der Waals surface area contributed by atoms with Crippen LogP contribution in [0.5, 0.6) is 0 Å². The van der Waals surface area contributed by atoms with Gasteiger partial charge in [0.25, 0.3) is 0 Å². The van der Waals surface area contributed by atoms with Crippen molar-refractivity contribution in [2.45, 2.75) is 19.9 Å². The summed E-state index contributed by atoms with van der Waals surface area (Å²) in [6.45, 7) is 3.79. The SMILES string of the molecule is CC(C)/N=C/c1cc(F)ccc1N=O. The first-order chi connectivity index (χ1) is 6.63. The van der Waals surface area contributed by atoms with Gasteiger partial charge >= 0.3 is 0 Å². The number of nitroso groups, excluding NO2 is 1. The van der Waals surface area contributed by atoms with Gasteiger partial charge in [0.05, 0.1) is 0 Å². The van der Waals surface area contributed by atoms with E-state index >= 15 is 0 Å². The molecule has 0 aliphatic carbocycles. The molecule has 1 aromatic carbocycles. The third kappa shape index (κ3) is 2.73. The summed E-state index contributed by atoms with van der Waals surface area (Å²) in [7, 11) is 0. The van der Waals surface area contributed by atoms with Gasteiger partial charge in [0.15, 0.2) is 0 Å². The van der Waals surface area contributed by atoms with E-state index in [9.17, 15) is 9.30 Å². The van der Waals surface area contributed by atoms with Crippen molar-refractivity contribution in [3.63, 3.8) is 0 Å². The Bertz CT molecular complexity index is 361. The molecule has 74 valence electrons. The van der Waals surface area contributed by atoms with Gasteiger partial charge in [-0.1, -0.05) is 0 Å². The Labute approximate surface area is 81.6 Å². The molecule has 0 saturated carbocycles. The molecule has 0 amide bonds. The Morgan fingerprint density at radius 1 is 1.43 bits per heavy atom. The molecule has 4 heteroatoms. The highest BCUT2D eigenvalue weighted by molar-refractivity contribution is 5.86. The maximum Gasteiger partial charge on any atom is 0.124 e. The Hall–Kier alpha value is -1.58. The van der Waals surface area contributed by atoms with E-state index in [0.29, 0.717) is 5.56 Å². The number of hydrogen-bond donors (Lipinski definition) is 0. The number of aliphatic imine (C=N–C) groups is 1. The Balaban J connectivity index is 3.04. The van der Waals surface area contributed by atoms with Gasteiger partial charge in [0, 0.05) is 17.8 Å². The van der Waals surface area contributed by atoms with Crippen LogP contribution >= 0.6 is 0 Å². The van der Waals surface area contributed by atoms with Crippen LogP contribution in [0.25, 0.3) is 0 Å². The Morgan fingerprint density at radius 2 is 2.14 bits per heavy atom. The molecule has 0 radical (unpaired) electrons. The third-order valence-corrected chi connectivity index (χ3v) is 1.60. The first-order valence-corrected chi connectivity index (χ1v) is 4.29. The van der Waals surface area contributed by atoms with Crippen LogP contribution in [0.1, 0.15) is 19.4 Å². The number of halogens is 1. The monoisotopic (exact) mass is 194 g/mol. The van der Waals surface area contributed by atoms with Gasteiger partial charge in [-0.15, -0.1) is 4.91 Å². The molecule has 0 unspecified atom stereocenters. The molecule has 14 heavy (non-hydrogen) atoms. The fourth-order valence-corrected chi connectivity index (χ4v) is 0.941. The summed E-state index contributed by atoms with van der Waals surface area (Å²) < 4.78 is 12.8. The lowest BCUT2D eigenvalue weighted by molar-refractivity contribution is 0.627. The first kappa shape index (κ1) is 10.5. The van der Waals surface area contributed by atoms with Gasteiger partial charge in [-0.05, 0) is 37.2 Å². The molecule has 1 rings (SSSR count). The van der Waals surface area contributed by atoms with Crippen LogP contribution in [0.4, 0.5) is 10.1 Å². The van der Waals surface area contributed by atoms with Gasteiger partial charge in [-0.2, -0.15) is 0 Å². The van der Waals surface area contributed by atoms with Crippen LogP contribution < -0.4 is 0 Å². The van der Waals surface area contributed by atoms with Crippen LogP contribution in [0.15, 0.2) is 28.4 Å². The number of benzene rings is 1. The normalized spacial score (nSPS) is 11.1. The van der Waals surface area contributed by atoms with Gasteiger partial charge in [-0.3, -0.25) is 4.99 Å². The van der Waals surface area contributed by atoms with Crippen LogP contribution in [0.2, 0.25) is 0 Å². The maximum atomic E-state index is 12.8. The smallest absolute Gasteiger partial charge is 0.124 e. The van der Waals surface area contributed by atoms with Crippen molar-refractivity contribution in [1.29, 1.82) is 0 Å².